The van der Waals surface area contributed by atoms with Crippen molar-refractivity contribution in [2.45, 2.75) is 26.7 Å². The SMILES string of the molecule is Cc1cnc(C(=O)N2CCC[C@@H](COc3ccccc3C)C2)[nH]1. The average molecular weight is 313 g/mol. The molecule has 1 atom stereocenters. The summed E-state index contributed by atoms with van der Waals surface area (Å²) in [7, 11) is 0. The molecule has 1 saturated heterocycles. The van der Waals surface area contributed by atoms with Gasteiger partial charge in [-0.05, 0) is 38.3 Å². The predicted octanol–water partition coefficient (Wildman–Crippen LogP) is 2.96. The van der Waals surface area contributed by atoms with Crippen LogP contribution in [0.5, 0.6) is 5.75 Å². The van der Waals surface area contributed by atoms with Crippen LogP contribution < -0.4 is 4.74 Å². The third kappa shape index (κ3) is 3.73. The number of carbonyl (C=O) groups excluding carboxylic acids is 1. The van der Waals surface area contributed by atoms with Gasteiger partial charge in [0.05, 0.1) is 6.61 Å². The van der Waals surface area contributed by atoms with Crippen molar-refractivity contribution in [2.24, 2.45) is 5.92 Å². The number of hydrogen-bond donors (Lipinski definition) is 1. The van der Waals surface area contributed by atoms with Crippen molar-refractivity contribution in [1.82, 2.24) is 14.9 Å². The number of para-hydroxylation sites is 1. The van der Waals surface area contributed by atoms with Crippen LogP contribution in [0.15, 0.2) is 30.5 Å². The fourth-order valence-electron chi connectivity index (χ4n) is 2.98. The molecule has 122 valence electrons. The summed E-state index contributed by atoms with van der Waals surface area (Å²) in [6, 6.07) is 8.03. The van der Waals surface area contributed by atoms with Gasteiger partial charge in [0.1, 0.15) is 5.75 Å². The highest BCUT2D eigenvalue weighted by Gasteiger charge is 2.26. The molecule has 0 unspecified atom stereocenters. The van der Waals surface area contributed by atoms with Gasteiger partial charge in [-0.2, -0.15) is 0 Å². The Bertz CT molecular complexity index is 680. The highest BCUT2D eigenvalue weighted by molar-refractivity contribution is 5.90. The average Bonchev–Trinajstić information content (AvgIpc) is 3.00. The second kappa shape index (κ2) is 6.86. The Morgan fingerprint density at radius 1 is 1.39 bits per heavy atom. The minimum absolute atomic E-state index is 0.0151. The zero-order valence-electron chi connectivity index (χ0n) is 13.7. The van der Waals surface area contributed by atoms with Crippen LogP contribution in [-0.2, 0) is 0 Å². The zero-order valence-corrected chi connectivity index (χ0v) is 13.7. The molecule has 0 aliphatic carbocycles. The van der Waals surface area contributed by atoms with Gasteiger partial charge in [0.15, 0.2) is 5.82 Å². The second-order valence-corrected chi connectivity index (χ2v) is 6.25. The number of nitrogens with zero attached hydrogens (tertiary/aromatic N) is 2. The molecule has 5 nitrogen and oxygen atoms in total. The first-order valence-electron chi connectivity index (χ1n) is 8.13. The van der Waals surface area contributed by atoms with Gasteiger partial charge in [-0.25, -0.2) is 4.98 Å². The maximum absolute atomic E-state index is 12.5. The van der Waals surface area contributed by atoms with E-state index in [1.165, 1.54) is 0 Å². The van der Waals surface area contributed by atoms with E-state index in [0.29, 0.717) is 18.3 Å². The van der Waals surface area contributed by atoms with Crippen LogP contribution in [0.1, 0.15) is 34.7 Å². The fourth-order valence-corrected chi connectivity index (χ4v) is 2.98. The van der Waals surface area contributed by atoms with Crippen molar-refractivity contribution in [2.75, 3.05) is 19.7 Å². The van der Waals surface area contributed by atoms with Gasteiger partial charge in [0.25, 0.3) is 5.91 Å². The molecule has 0 bridgehead atoms. The maximum atomic E-state index is 12.5. The van der Waals surface area contributed by atoms with Crippen LogP contribution in [-0.4, -0.2) is 40.5 Å². The number of aromatic nitrogens is 2. The molecule has 3 rings (SSSR count). The van der Waals surface area contributed by atoms with Gasteiger partial charge in [0, 0.05) is 30.9 Å². The van der Waals surface area contributed by atoms with E-state index in [1.807, 2.05) is 43.0 Å². The smallest absolute Gasteiger partial charge is 0.289 e. The molecular weight excluding hydrogens is 290 g/mol. The van der Waals surface area contributed by atoms with Crippen molar-refractivity contribution in [3.05, 3.63) is 47.5 Å². The van der Waals surface area contributed by atoms with Gasteiger partial charge >= 0.3 is 0 Å². The van der Waals surface area contributed by atoms with Gasteiger partial charge in [-0.15, -0.1) is 0 Å². The molecule has 1 aliphatic rings. The number of carbonyl (C=O) groups is 1. The summed E-state index contributed by atoms with van der Waals surface area (Å²) in [4.78, 5) is 21.5. The Morgan fingerprint density at radius 3 is 2.96 bits per heavy atom. The van der Waals surface area contributed by atoms with Gasteiger partial charge in [-0.3, -0.25) is 4.79 Å². The summed E-state index contributed by atoms with van der Waals surface area (Å²) >= 11 is 0. The first kappa shape index (κ1) is 15.6. The molecule has 1 amide bonds. The van der Waals surface area contributed by atoms with Gasteiger partial charge in [-0.1, -0.05) is 18.2 Å². The number of piperidine rings is 1. The molecular formula is C18H23N3O2. The molecule has 23 heavy (non-hydrogen) atoms. The first-order valence-corrected chi connectivity index (χ1v) is 8.13. The van der Waals surface area contributed by atoms with Crippen LogP contribution in [0, 0.1) is 19.8 Å². The Morgan fingerprint density at radius 2 is 2.22 bits per heavy atom. The van der Waals surface area contributed by atoms with Gasteiger partial charge in [0.2, 0.25) is 0 Å². The van der Waals surface area contributed by atoms with E-state index < -0.39 is 0 Å². The van der Waals surface area contributed by atoms with E-state index in [0.717, 1.165) is 42.9 Å². The predicted molar refractivity (Wildman–Crippen MR) is 88.6 cm³/mol. The van der Waals surface area contributed by atoms with Crippen LogP contribution in [0.3, 0.4) is 0 Å². The summed E-state index contributed by atoms with van der Waals surface area (Å²) in [6.45, 7) is 6.11. The van der Waals surface area contributed by atoms with Crippen molar-refractivity contribution in [3.8, 4) is 5.75 Å². The number of hydrogen-bond acceptors (Lipinski definition) is 3. The van der Waals surface area contributed by atoms with E-state index in [1.54, 1.807) is 6.20 Å². The topological polar surface area (TPSA) is 58.2 Å². The number of rotatable bonds is 4. The van der Waals surface area contributed by atoms with Crippen LogP contribution in [0.2, 0.25) is 0 Å². The Hall–Kier alpha value is -2.30. The number of nitrogens with one attached hydrogen (secondary N) is 1. The van der Waals surface area contributed by atoms with E-state index in [4.69, 9.17) is 4.74 Å². The lowest BCUT2D eigenvalue weighted by Gasteiger charge is -2.32. The quantitative estimate of drug-likeness (QED) is 0.944. The molecule has 1 fully saturated rings. The number of H-pyrrole nitrogens is 1. The summed E-state index contributed by atoms with van der Waals surface area (Å²) < 4.78 is 5.95. The van der Waals surface area contributed by atoms with Gasteiger partial charge < -0.3 is 14.6 Å². The molecule has 0 spiro atoms. The van der Waals surface area contributed by atoms with Crippen LogP contribution in [0.25, 0.3) is 0 Å². The largest absolute Gasteiger partial charge is 0.493 e. The lowest BCUT2D eigenvalue weighted by molar-refractivity contribution is 0.0622. The molecule has 0 saturated carbocycles. The number of imidazole rings is 1. The minimum Gasteiger partial charge on any atom is -0.493 e. The van der Waals surface area contributed by atoms with E-state index in [9.17, 15) is 4.79 Å². The highest BCUT2D eigenvalue weighted by Crippen LogP contribution is 2.21. The number of likely N-dealkylation sites (tertiary alicyclic amines) is 1. The first-order chi connectivity index (χ1) is 11.1. The van der Waals surface area contributed by atoms with Crippen LogP contribution in [0.4, 0.5) is 0 Å². The lowest BCUT2D eigenvalue weighted by Crippen LogP contribution is -2.42. The van der Waals surface area contributed by atoms with E-state index >= 15 is 0 Å². The number of aromatic amines is 1. The molecule has 2 heterocycles. The third-order valence-corrected chi connectivity index (χ3v) is 4.28. The fraction of sp³-hybridized carbons (Fsp3) is 0.444. The highest BCUT2D eigenvalue weighted by atomic mass is 16.5. The Balaban J connectivity index is 1.58. The maximum Gasteiger partial charge on any atom is 0.289 e. The number of benzene rings is 1. The van der Waals surface area contributed by atoms with Crippen molar-refractivity contribution in [1.29, 1.82) is 0 Å². The molecule has 1 aromatic heterocycles. The molecule has 1 N–H and O–H groups in total. The van der Waals surface area contributed by atoms with Crippen LogP contribution >= 0.6 is 0 Å². The number of amides is 1. The monoisotopic (exact) mass is 313 g/mol. The summed E-state index contributed by atoms with van der Waals surface area (Å²) in [5.41, 5.74) is 2.05. The summed E-state index contributed by atoms with van der Waals surface area (Å²) in [5.74, 6) is 1.71. The second-order valence-electron chi connectivity index (χ2n) is 6.25. The molecule has 1 aromatic carbocycles. The normalized spacial score (nSPS) is 18.0. The number of aryl methyl sites for hydroxylation is 2. The zero-order chi connectivity index (χ0) is 16.2. The van der Waals surface area contributed by atoms with E-state index in [-0.39, 0.29) is 5.91 Å². The summed E-state index contributed by atoms with van der Waals surface area (Å²) in [5, 5.41) is 0. The van der Waals surface area contributed by atoms with Crippen molar-refractivity contribution >= 4 is 5.91 Å². The molecule has 0 radical (unpaired) electrons. The number of ether oxygens (including phenoxy) is 1. The third-order valence-electron chi connectivity index (χ3n) is 4.28. The summed E-state index contributed by atoms with van der Waals surface area (Å²) in [6.07, 6.45) is 3.79. The molecule has 5 heteroatoms. The van der Waals surface area contributed by atoms with Crippen molar-refractivity contribution < 1.29 is 9.53 Å². The van der Waals surface area contributed by atoms with E-state index in [2.05, 4.69) is 9.97 Å². The lowest BCUT2D eigenvalue weighted by atomic mass is 9.99. The Kier molecular flexibility index (Phi) is 4.65. The molecule has 1 aliphatic heterocycles. The van der Waals surface area contributed by atoms with Crippen molar-refractivity contribution in [3.63, 3.8) is 0 Å². The molecule has 2 aromatic rings. The standard InChI is InChI=1S/C18H23N3O2/c1-13-6-3-4-8-16(13)23-12-15-7-5-9-21(11-15)18(22)17-19-10-14(2)20-17/h3-4,6,8,10,15H,5,7,9,11-12H2,1-2H3,(H,19,20)/t15-/m1/s1. The Labute approximate surface area is 136 Å². The minimum atomic E-state index is -0.0151.